The minimum absolute atomic E-state index is 0.0431. The molecule has 0 aromatic carbocycles. The molecule has 0 spiro atoms. The lowest BCUT2D eigenvalue weighted by molar-refractivity contribution is -0.151. The summed E-state index contributed by atoms with van der Waals surface area (Å²) in [5, 5.41) is 16.1. The number of hydrogen-bond acceptors (Lipinski definition) is 4. The number of methoxy groups -OCH3 is 1. The van der Waals surface area contributed by atoms with Crippen LogP contribution in [0.3, 0.4) is 0 Å². The van der Waals surface area contributed by atoms with Crippen molar-refractivity contribution in [2.24, 2.45) is 5.41 Å². The highest BCUT2D eigenvalue weighted by Gasteiger charge is 2.37. The van der Waals surface area contributed by atoms with E-state index in [2.05, 4.69) is 10.4 Å². The summed E-state index contributed by atoms with van der Waals surface area (Å²) < 4.78 is 6.60. The summed E-state index contributed by atoms with van der Waals surface area (Å²) >= 11 is 0. The van der Waals surface area contributed by atoms with Crippen molar-refractivity contribution in [3.8, 4) is 0 Å². The standard InChI is InChI=1S/C14H23N3O4/c1-4-14(5-2,13(19)20)8-12(18)16-11-9-15-17(10-11)6-7-21-3/h9-10H,4-8H2,1-3H3,(H,16,18)(H,19,20). The van der Waals surface area contributed by atoms with E-state index in [1.165, 1.54) is 6.20 Å². The summed E-state index contributed by atoms with van der Waals surface area (Å²) in [5.41, 5.74) is -0.446. The highest BCUT2D eigenvalue weighted by Crippen LogP contribution is 2.31. The van der Waals surface area contributed by atoms with Crippen LogP contribution in [0.25, 0.3) is 0 Å². The van der Waals surface area contributed by atoms with Crippen LogP contribution in [0.1, 0.15) is 33.1 Å². The maximum Gasteiger partial charge on any atom is 0.310 e. The molecule has 2 N–H and O–H groups in total. The first-order valence-corrected chi connectivity index (χ1v) is 7.02. The lowest BCUT2D eigenvalue weighted by atomic mass is 9.79. The number of nitrogens with one attached hydrogen (secondary N) is 1. The second-order valence-electron chi connectivity index (χ2n) is 5.00. The fourth-order valence-electron chi connectivity index (χ4n) is 2.13. The minimum atomic E-state index is -1.00. The Labute approximate surface area is 124 Å². The van der Waals surface area contributed by atoms with E-state index in [4.69, 9.17) is 4.74 Å². The molecule has 0 unspecified atom stereocenters. The molecule has 7 heteroatoms. The van der Waals surface area contributed by atoms with Crippen molar-refractivity contribution in [3.63, 3.8) is 0 Å². The van der Waals surface area contributed by atoms with Gasteiger partial charge in [0.15, 0.2) is 0 Å². The lowest BCUT2D eigenvalue weighted by Gasteiger charge is -2.25. The topological polar surface area (TPSA) is 93.5 Å². The number of hydrogen-bond donors (Lipinski definition) is 2. The number of nitrogens with zero attached hydrogens (tertiary/aromatic N) is 2. The number of aromatic nitrogens is 2. The van der Waals surface area contributed by atoms with Gasteiger partial charge in [-0.25, -0.2) is 0 Å². The van der Waals surface area contributed by atoms with Gasteiger partial charge in [0, 0.05) is 19.7 Å². The predicted molar refractivity (Wildman–Crippen MR) is 78.0 cm³/mol. The second-order valence-corrected chi connectivity index (χ2v) is 5.00. The van der Waals surface area contributed by atoms with Gasteiger partial charge in [0.1, 0.15) is 0 Å². The molecule has 118 valence electrons. The van der Waals surface area contributed by atoms with Gasteiger partial charge in [0.05, 0.1) is 30.5 Å². The molecule has 1 amide bonds. The van der Waals surface area contributed by atoms with E-state index in [-0.39, 0.29) is 12.3 Å². The minimum Gasteiger partial charge on any atom is -0.481 e. The molecule has 0 bridgehead atoms. The highest BCUT2D eigenvalue weighted by molar-refractivity contribution is 5.94. The van der Waals surface area contributed by atoms with Crippen molar-refractivity contribution in [1.82, 2.24) is 9.78 Å². The average molecular weight is 297 g/mol. The van der Waals surface area contributed by atoms with Gasteiger partial charge in [0.2, 0.25) is 5.91 Å². The summed E-state index contributed by atoms with van der Waals surface area (Å²) in [5.74, 6) is -1.24. The normalized spacial score (nSPS) is 11.4. The Hall–Kier alpha value is -1.89. The lowest BCUT2D eigenvalue weighted by Crippen LogP contribution is -2.34. The van der Waals surface area contributed by atoms with Gasteiger partial charge in [-0.05, 0) is 12.8 Å². The molecule has 0 saturated carbocycles. The number of rotatable bonds is 9. The van der Waals surface area contributed by atoms with Gasteiger partial charge in [-0.3, -0.25) is 14.3 Å². The maximum atomic E-state index is 12.0. The summed E-state index contributed by atoms with van der Waals surface area (Å²) in [4.78, 5) is 23.4. The number of ether oxygens (including phenoxy) is 1. The molecule has 0 aliphatic rings. The third-order valence-corrected chi connectivity index (χ3v) is 3.75. The zero-order valence-electron chi connectivity index (χ0n) is 12.8. The summed E-state index contributed by atoms with van der Waals surface area (Å²) in [6, 6.07) is 0. The molecule has 1 rings (SSSR count). The summed E-state index contributed by atoms with van der Waals surface area (Å²) in [6.07, 6.45) is 4.02. The van der Waals surface area contributed by atoms with Gasteiger partial charge in [-0.2, -0.15) is 5.10 Å². The molecule has 0 aliphatic carbocycles. The van der Waals surface area contributed by atoms with E-state index in [1.54, 1.807) is 31.8 Å². The van der Waals surface area contributed by atoms with Crippen molar-refractivity contribution in [2.75, 3.05) is 19.0 Å². The van der Waals surface area contributed by atoms with Crippen molar-refractivity contribution in [1.29, 1.82) is 0 Å². The van der Waals surface area contributed by atoms with Crippen molar-refractivity contribution in [2.45, 2.75) is 39.7 Å². The van der Waals surface area contributed by atoms with Crippen LogP contribution < -0.4 is 5.32 Å². The van der Waals surface area contributed by atoms with Crippen LogP contribution >= 0.6 is 0 Å². The molecule has 1 aromatic rings. The average Bonchev–Trinajstić information content (AvgIpc) is 2.89. The number of aliphatic carboxylic acids is 1. The third kappa shape index (κ3) is 4.56. The Morgan fingerprint density at radius 2 is 2.10 bits per heavy atom. The van der Waals surface area contributed by atoms with E-state index in [0.29, 0.717) is 31.7 Å². The van der Waals surface area contributed by atoms with Crippen LogP contribution in [0, 0.1) is 5.41 Å². The Kier molecular flexibility index (Phi) is 6.36. The van der Waals surface area contributed by atoms with Gasteiger partial charge >= 0.3 is 5.97 Å². The van der Waals surface area contributed by atoms with Gasteiger partial charge < -0.3 is 15.2 Å². The van der Waals surface area contributed by atoms with Crippen LogP contribution in [-0.2, 0) is 20.9 Å². The molecule has 1 aromatic heterocycles. The summed E-state index contributed by atoms with van der Waals surface area (Å²) in [6.45, 7) is 4.69. The van der Waals surface area contributed by atoms with Crippen LogP contribution in [0.4, 0.5) is 5.69 Å². The number of carboxylic acids is 1. The van der Waals surface area contributed by atoms with Crippen molar-refractivity contribution in [3.05, 3.63) is 12.4 Å². The SMILES string of the molecule is CCC(CC)(CC(=O)Nc1cnn(CCOC)c1)C(=O)O. The van der Waals surface area contributed by atoms with E-state index in [1.807, 2.05) is 0 Å². The van der Waals surface area contributed by atoms with Gasteiger partial charge in [-0.15, -0.1) is 0 Å². The predicted octanol–water partition coefficient (Wildman–Crippen LogP) is 1.75. The number of carboxylic acid groups (broad SMARTS) is 1. The Balaban J connectivity index is 2.64. The quantitative estimate of drug-likeness (QED) is 0.724. The van der Waals surface area contributed by atoms with Crippen LogP contribution in [-0.4, -0.2) is 40.5 Å². The second kappa shape index (κ2) is 7.78. The Bertz CT molecular complexity index is 480. The van der Waals surface area contributed by atoms with Crippen molar-refractivity contribution >= 4 is 17.6 Å². The number of carbonyl (C=O) groups excluding carboxylic acids is 1. The molecule has 7 nitrogen and oxygen atoms in total. The summed E-state index contributed by atoms with van der Waals surface area (Å²) in [7, 11) is 1.60. The number of anilines is 1. The molecule has 0 saturated heterocycles. The molecule has 21 heavy (non-hydrogen) atoms. The fraction of sp³-hybridized carbons (Fsp3) is 0.643. The maximum absolute atomic E-state index is 12.0. The smallest absolute Gasteiger partial charge is 0.310 e. The molecular weight excluding hydrogens is 274 g/mol. The molecule has 0 atom stereocenters. The highest BCUT2D eigenvalue weighted by atomic mass is 16.5. The molecule has 1 heterocycles. The number of carbonyl (C=O) groups is 2. The fourth-order valence-corrected chi connectivity index (χ4v) is 2.13. The van der Waals surface area contributed by atoms with E-state index in [9.17, 15) is 14.7 Å². The first kappa shape index (κ1) is 17.2. The zero-order valence-corrected chi connectivity index (χ0v) is 12.8. The Morgan fingerprint density at radius 3 is 2.62 bits per heavy atom. The molecular formula is C14H23N3O4. The van der Waals surface area contributed by atoms with Crippen LogP contribution in [0.2, 0.25) is 0 Å². The molecule has 0 fully saturated rings. The first-order valence-electron chi connectivity index (χ1n) is 7.02. The van der Waals surface area contributed by atoms with Crippen LogP contribution in [0.15, 0.2) is 12.4 Å². The zero-order chi connectivity index (χ0) is 15.9. The number of amides is 1. The van der Waals surface area contributed by atoms with E-state index < -0.39 is 11.4 Å². The third-order valence-electron chi connectivity index (χ3n) is 3.75. The van der Waals surface area contributed by atoms with Crippen molar-refractivity contribution < 1.29 is 19.4 Å². The van der Waals surface area contributed by atoms with E-state index in [0.717, 1.165) is 0 Å². The van der Waals surface area contributed by atoms with E-state index >= 15 is 0 Å². The Morgan fingerprint density at radius 1 is 1.43 bits per heavy atom. The monoisotopic (exact) mass is 297 g/mol. The molecule has 0 aliphatic heterocycles. The first-order chi connectivity index (χ1) is 9.97. The van der Waals surface area contributed by atoms with Gasteiger partial charge in [-0.1, -0.05) is 13.8 Å². The molecule has 0 radical (unpaired) electrons. The largest absolute Gasteiger partial charge is 0.481 e. The van der Waals surface area contributed by atoms with Crippen LogP contribution in [0.5, 0.6) is 0 Å². The van der Waals surface area contributed by atoms with Gasteiger partial charge in [0.25, 0.3) is 0 Å².